The Kier molecular flexibility index (Phi) is 6.62. The van der Waals surface area contributed by atoms with Crippen LogP contribution < -0.4 is 5.32 Å². The Morgan fingerprint density at radius 2 is 2.05 bits per heavy atom. The van der Waals surface area contributed by atoms with Gasteiger partial charge in [0.25, 0.3) is 5.91 Å². The second-order valence-electron chi connectivity index (χ2n) is 5.40. The minimum Gasteiger partial charge on any atom is -0.481 e. The van der Waals surface area contributed by atoms with Crippen LogP contribution in [0, 0.1) is 11.8 Å². The lowest BCUT2D eigenvalue weighted by molar-refractivity contribution is -0.142. The maximum atomic E-state index is 12.1. The third kappa shape index (κ3) is 5.71. The highest BCUT2D eigenvalue weighted by Crippen LogP contribution is 2.13. The van der Waals surface area contributed by atoms with E-state index in [1.54, 1.807) is 6.07 Å². The molecule has 0 radical (unpaired) electrons. The number of aryl methyl sites for hydroxylation is 1. The maximum absolute atomic E-state index is 12.1. The molecule has 1 atom stereocenters. The van der Waals surface area contributed by atoms with Crippen molar-refractivity contribution in [3.63, 3.8) is 0 Å². The van der Waals surface area contributed by atoms with Gasteiger partial charge in [0.1, 0.15) is 5.15 Å². The Morgan fingerprint density at radius 3 is 2.57 bits per heavy atom. The predicted molar refractivity (Wildman–Crippen MR) is 81.5 cm³/mol. The number of rotatable bonds is 7. The fraction of sp³-hybridized carbons (Fsp3) is 0.533. The van der Waals surface area contributed by atoms with Gasteiger partial charge in [0, 0.05) is 17.8 Å². The number of carboxylic acids is 1. The molecular weight excluding hydrogens is 292 g/mol. The van der Waals surface area contributed by atoms with Crippen molar-refractivity contribution in [2.24, 2.45) is 11.8 Å². The lowest BCUT2D eigenvalue weighted by Gasteiger charge is -2.15. The number of hydrogen-bond donors (Lipinski definition) is 2. The van der Waals surface area contributed by atoms with Crippen molar-refractivity contribution in [1.82, 2.24) is 10.3 Å². The highest BCUT2D eigenvalue weighted by molar-refractivity contribution is 6.29. The Bertz CT molecular complexity index is 518. The summed E-state index contributed by atoms with van der Waals surface area (Å²) in [5.41, 5.74) is 1.13. The summed E-state index contributed by atoms with van der Waals surface area (Å²) in [6.07, 6.45) is 1.19. The standard InChI is InChI=1S/C15H21ClN2O3/c1-4-12-6-10(7-13(16)18-12)14(19)17-8-11(15(20)21)5-9(2)3/h6-7,9,11H,4-5,8H2,1-3H3,(H,17,19)(H,20,21). The van der Waals surface area contributed by atoms with Crippen molar-refractivity contribution in [3.8, 4) is 0 Å². The number of nitrogens with one attached hydrogen (secondary N) is 1. The SMILES string of the molecule is CCc1cc(C(=O)NCC(CC(C)C)C(=O)O)cc(Cl)n1. The van der Waals surface area contributed by atoms with E-state index in [1.807, 2.05) is 20.8 Å². The first-order valence-corrected chi connectivity index (χ1v) is 7.38. The van der Waals surface area contributed by atoms with Crippen molar-refractivity contribution in [1.29, 1.82) is 0 Å². The first-order chi connectivity index (χ1) is 9.83. The smallest absolute Gasteiger partial charge is 0.308 e. The van der Waals surface area contributed by atoms with Crippen LogP contribution in [0.2, 0.25) is 5.15 Å². The summed E-state index contributed by atoms with van der Waals surface area (Å²) in [4.78, 5) is 27.3. The van der Waals surface area contributed by atoms with Gasteiger partial charge in [-0.15, -0.1) is 0 Å². The lowest BCUT2D eigenvalue weighted by atomic mass is 9.97. The largest absolute Gasteiger partial charge is 0.481 e. The summed E-state index contributed by atoms with van der Waals surface area (Å²) in [6.45, 7) is 5.93. The zero-order chi connectivity index (χ0) is 16.0. The van der Waals surface area contributed by atoms with Crippen molar-refractivity contribution in [2.75, 3.05) is 6.54 Å². The molecule has 1 unspecified atom stereocenters. The average Bonchev–Trinajstić information content (AvgIpc) is 2.41. The molecule has 2 N–H and O–H groups in total. The van der Waals surface area contributed by atoms with Crippen LogP contribution in [0.4, 0.5) is 0 Å². The lowest BCUT2D eigenvalue weighted by Crippen LogP contribution is -2.33. The Hall–Kier alpha value is -1.62. The van der Waals surface area contributed by atoms with Gasteiger partial charge in [0.05, 0.1) is 5.92 Å². The molecule has 21 heavy (non-hydrogen) atoms. The maximum Gasteiger partial charge on any atom is 0.308 e. The molecule has 0 aliphatic carbocycles. The number of hydrogen-bond acceptors (Lipinski definition) is 3. The van der Waals surface area contributed by atoms with Crippen LogP contribution in [0.15, 0.2) is 12.1 Å². The third-order valence-electron chi connectivity index (χ3n) is 3.09. The molecule has 0 aromatic carbocycles. The zero-order valence-electron chi connectivity index (χ0n) is 12.5. The molecule has 6 heteroatoms. The molecule has 1 amide bonds. The molecule has 0 spiro atoms. The van der Waals surface area contributed by atoms with Gasteiger partial charge < -0.3 is 10.4 Å². The third-order valence-corrected chi connectivity index (χ3v) is 3.28. The molecule has 1 aromatic rings. The molecule has 0 aliphatic heterocycles. The van der Waals surface area contributed by atoms with Gasteiger partial charge in [-0.1, -0.05) is 32.4 Å². The second-order valence-corrected chi connectivity index (χ2v) is 5.79. The van der Waals surface area contributed by atoms with E-state index in [2.05, 4.69) is 10.3 Å². The summed E-state index contributed by atoms with van der Waals surface area (Å²) in [5, 5.41) is 12.1. The summed E-state index contributed by atoms with van der Waals surface area (Å²) in [6, 6.07) is 3.15. The summed E-state index contributed by atoms with van der Waals surface area (Å²) in [5.74, 6) is -1.56. The number of nitrogens with zero attached hydrogens (tertiary/aromatic N) is 1. The van der Waals surface area contributed by atoms with E-state index in [4.69, 9.17) is 16.7 Å². The molecule has 116 valence electrons. The normalized spacial score (nSPS) is 12.2. The number of aromatic nitrogens is 1. The van der Waals surface area contributed by atoms with E-state index in [-0.39, 0.29) is 23.5 Å². The molecule has 1 rings (SSSR count). The molecule has 1 aromatic heterocycles. The summed E-state index contributed by atoms with van der Waals surface area (Å²) in [7, 11) is 0. The number of aliphatic carboxylic acids is 1. The number of carboxylic acid groups (broad SMARTS) is 1. The van der Waals surface area contributed by atoms with E-state index in [1.165, 1.54) is 6.07 Å². The van der Waals surface area contributed by atoms with Crippen LogP contribution in [0.1, 0.15) is 43.2 Å². The van der Waals surface area contributed by atoms with Crippen LogP contribution >= 0.6 is 11.6 Å². The molecular formula is C15H21ClN2O3. The molecule has 0 saturated heterocycles. The fourth-order valence-electron chi connectivity index (χ4n) is 2.02. The van der Waals surface area contributed by atoms with Crippen LogP contribution in [-0.4, -0.2) is 28.5 Å². The molecule has 0 bridgehead atoms. The van der Waals surface area contributed by atoms with Gasteiger partial charge in [0.15, 0.2) is 0 Å². The number of amides is 1. The van der Waals surface area contributed by atoms with Crippen LogP contribution in [-0.2, 0) is 11.2 Å². The van der Waals surface area contributed by atoms with Gasteiger partial charge in [0.2, 0.25) is 0 Å². The number of pyridine rings is 1. The van der Waals surface area contributed by atoms with E-state index >= 15 is 0 Å². The molecule has 5 nitrogen and oxygen atoms in total. The highest BCUT2D eigenvalue weighted by atomic mass is 35.5. The van der Waals surface area contributed by atoms with Gasteiger partial charge in [-0.3, -0.25) is 9.59 Å². The first kappa shape index (κ1) is 17.4. The molecule has 0 saturated carbocycles. The van der Waals surface area contributed by atoms with Crippen molar-refractivity contribution < 1.29 is 14.7 Å². The van der Waals surface area contributed by atoms with Crippen LogP contribution in [0.25, 0.3) is 0 Å². The van der Waals surface area contributed by atoms with Crippen LogP contribution in [0.5, 0.6) is 0 Å². The minimum atomic E-state index is -0.897. The molecule has 1 heterocycles. The Labute approximate surface area is 129 Å². The second kappa shape index (κ2) is 7.98. The number of carbonyl (C=O) groups excluding carboxylic acids is 1. The molecule has 0 aliphatic rings. The van der Waals surface area contributed by atoms with Crippen LogP contribution in [0.3, 0.4) is 0 Å². The van der Waals surface area contributed by atoms with Gasteiger partial charge in [-0.2, -0.15) is 0 Å². The molecule has 0 fully saturated rings. The minimum absolute atomic E-state index is 0.105. The highest BCUT2D eigenvalue weighted by Gasteiger charge is 2.20. The van der Waals surface area contributed by atoms with E-state index < -0.39 is 11.9 Å². The average molecular weight is 313 g/mol. The quantitative estimate of drug-likeness (QED) is 0.759. The van der Waals surface area contributed by atoms with Gasteiger partial charge in [-0.05, 0) is 30.9 Å². The Balaban J connectivity index is 2.72. The fourth-order valence-corrected chi connectivity index (χ4v) is 2.25. The first-order valence-electron chi connectivity index (χ1n) is 7.01. The van der Waals surface area contributed by atoms with Gasteiger partial charge in [-0.25, -0.2) is 4.98 Å². The van der Waals surface area contributed by atoms with E-state index in [9.17, 15) is 9.59 Å². The zero-order valence-corrected chi connectivity index (χ0v) is 13.3. The van der Waals surface area contributed by atoms with Crippen molar-refractivity contribution in [2.45, 2.75) is 33.6 Å². The summed E-state index contributed by atoms with van der Waals surface area (Å²) < 4.78 is 0. The van der Waals surface area contributed by atoms with Crippen molar-refractivity contribution >= 4 is 23.5 Å². The number of carbonyl (C=O) groups is 2. The summed E-state index contributed by atoms with van der Waals surface area (Å²) >= 11 is 5.87. The van der Waals surface area contributed by atoms with Crippen molar-refractivity contribution in [3.05, 3.63) is 28.5 Å². The Morgan fingerprint density at radius 1 is 1.38 bits per heavy atom. The van der Waals surface area contributed by atoms with E-state index in [0.29, 0.717) is 18.4 Å². The monoisotopic (exact) mass is 312 g/mol. The van der Waals surface area contributed by atoms with E-state index in [0.717, 1.165) is 5.69 Å². The topological polar surface area (TPSA) is 79.3 Å². The van der Waals surface area contributed by atoms with Gasteiger partial charge >= 0.3 is 5.97 Å². The predicted octanol–water partition coefficient (Wildman–Crippen LogP) is 2.77. The number of halogens is 1.